The molecule has 9 heteroatoms. The molecule has 166 valence electrons. The Morgan fingerprint density at radius 2 is 1.97 bits per heavy atom. The number of aromatic nitrogens is 3. The fourth-order valence-electron chi connectivity index (χ4n) is 3.09. The molecule has 0 atom stereocenters. The van der Waals surface area contributed by atoms with Gasteiger partial charge in [-0.1, -0.05) is 68.6 Å². The lowest BCUT2D eigenvalue weighted by molar-refractivity contribution is -0.137. The molecule has 3 rings (SSSR count). The lowest BCUT2D eigenvalue weighted by Crippen LogP contribution is -2.27. The minimum atomic E-state index is -0.423. The Balaban J connectivity index is 1.63. The van der Waals surface area contributed by atoms with E-state index in [2.05, 4.69) is 55.2 Å². The zero-order valence-electron chi connectivity index (χ0n) is 18.5. The summed E-state index contributed by atoms with van der Waals surface area (Å²) < 4.78 is 6.92. The maximum absolute atomic E-state index is 12.2. The Morgan fingerprint density at radius 3 is 2.61 bits per heavy atom. The zero-order valence-corrected chi connectivity index (χ0v) is 20.2. The highest BCUT2D eigenvalue weighted by molar-refractivity contribution is 8.04. The molecule has 0 spiro atoms. The molecule has 31 heavy (non-hydrogen) atoms. The highest BCUT2D eigenvalue weighted by Crippen LogP contribution is 2.30. The van der Waals surface area contributed by atoms with E-state index in [4.69, 9.17) is 4.74 Å². The molecular formula is C22H28N4O3S2. The van der Waals surface area contributed by atoms with Gasteiger partial charge in [-0.25, -0.2) is 4.79 Å². The summed E-state index contributed by atoms with van der Waals surface area (Å²) in [7, 11) is 1.94. The summed E-state index contributed by atoms with van der Waals surface area (Å²) >= 11 is 2.89. The van der Waals surface area contributed by atoms with E-state index in [0.29, 0.717) is 29.7 Å². The van der Waals surface area contributed by atoms with Gasteiger partial charge in [-0.2, -0.15) is 0 Å². The van der Waals surface area contributed by atoms with Crippen LogP contribution in [0, 0.1) is 0 Å². The molecule has 1 amide bonds. The summed E-state index contributed by atoms with van der Waals surface area (Å²) in [6.07, 6.45) is 1.39. The van der Waals surface area contributed by atoms with E-state index in [1.54, 1.807) is 11.8 Å². The molecule has 2 heterocycles. The molecule has 1 fully saturated rings. The minimum absolute atomic E-state index is 0.00117. The summed E-state index contributed by atoms with van der Waals surface area (Å²) in [4.78, 5) is 25.6. The van der Waals surface area contributed by atoms with Crippen LogP contribution in [-0.4, -0.2) is 56.2 Å². The Hall–Kier alpha value is -2.26. The van der Waals surface area contributed by atoms with E-state index < -0.39 is 5.97 Å². The SMILES string of the molecule is CCOC(=O)C=C1SCC(=O)N1CCSc1nnc(-c2ccc(C(C)(C)C)cc2)n1C. The lowest BCUT2D eigenvalue weighted by Gasteiger charge is -2.19. The minimum Gasteiger partial charge on any atom is -0.463 e. The van der Waals surface area contributed by atoms with E-state index in [9.17, 15) is 9.59 Å². The van der Waals surface area contributed by atoms with Crippen LogP contribution in [0.15, 0.2) is 40.5 Å². The first-order valence-electron chi connectivity index (χ1n) is 10.2. The van der Waals surface area contributed by atoms with Gasteiger partial charge in [-0.3, -0.25) is 4.79 Å². The van der Waals surface area contributed by atoms with Crippen LogP contribution in [0.25, 0.3) is 11.4 Å². The summed E-state index contributed by atoms with van der Waals surface area (Å²) in [6, 6.07) is 8.41. The number of benzene rings is 1. The molecule has 0 radical (unpaired) electrons. The van der Waals surface area contributed by atoms with Crippen molar-refractivity contribution in [2.75, 3.05) is 24.7 Å². The number of thioether (sulfide) groups is 2. The van der Waals surface area contributed by atoms with Crippen molar-refractivity contribution in [1.82, 2.24) is 19.7 Å². The lowest BCUT2D eigenvalue weighted by atomic mass is 9.87. The monoisotopic (exact) mass is 460 g/mol. The standard InChI is InChI=1S/C22H28N4O3S2/c1-6-29-19(28)13-18-26(17(27)14-31-18)11-12-30-21-24-23-20(25(21)5)15-7-9-16(10-8-15)22(2,3)4/h7-10,13H,6,11-12,14H2,1-5H3. The highest BCUT2D eigenvalue weighted by atomic mass is 32.2. The molecule has 1 saturated heterocycles. The topological polar surface area (TPSA) is 77.3 Å². The normalized spacial score (nSPS) is 15.7. The van der Waals surface area contributed by atoms with Gasteiger partial charge in [-0.15, -0.1) is 10.2 Å². The van der Waals surface area contributed by atoms with Gasteiger partial charge >= 0.3 is 5.97 Å². The molecular weight excluding hydrogens is 432 g/mol. The van der Waals surface area contributed by atoms with E-state index in [1.165, 1.54) is 35.2 Å². The van der Waals surface area contributed by atoms with Crippen molar-refractivity contribution in [1.29, 1.82) is 0 Å². The van der Waals surface area contributed by atoms with Crippen LogP contribution >= 0.6 is 23.5 Å². The molecule has 1 aliphatic rings. The molecule has 1 aliphatic heterocycles. The van der Waals surface area contributed by atoms with Crippen molar-refractivity contribution < 1.29 is 14.3 Å². The molecule has 2 aromatic rings. The average molecular weight is 461 g/mol. The van der Waals surface area contributed by atoms with Crippen molar-refractivity contribution in [3.05, 3.63) is 40.9 Å². The number of ether oxygens (including phenoxy) is 1. The Kier molecular flexibility index (Phi) is 7.48. The van der Waals surface area contributed by atoms with Crippen LogP contribution < -0.4 is 0 Å². The van der Waals surface area contributed by atoms with Gasteiger partial charge in [0.15, 0.2) is 11.0 Å². The first-order valence-corrected chi connectivity index (χ1v) is 12.1. The largest absolute Gasteiger partial charge is 0.463 e. The Labute approximate surface area is 191 Å². The molecule has 0 unspecified atom stereocenters. The predicted octanol–water partition coefficient (Wildman–Crippen LogP) is 3.85. The molecule has 0 bridgehead atoms. The van der Waals surface area contributed by atoms with Gasteiger partial charge in [0, 0.05) is 24.9 Å². The van der Waals surface area contributed by atoms with Crippen LogP contribution in [0.1, 0.15) is 33.3 Å². The second-order valence-electron chi connectivity index (χ2n) is 8.11. The molecule has 1 aromatic carbocycles. The third-order valence-corrected chi connectivity index (χ3v) is 6.85. The number of carbonyl (C=O) groups excluding carboxylic acids is 2. The van der Waals surface area contributed by atoms with Crippen molar-refractivity contribution >= 4 is 35.4 Å². The maximum Gasteiger partial charge on any atom is 0.333 e. The van der Waals surface area contributed by atoms with Crippen molar-refractivity contribution in [3.63, 3.8) is 0 Å². The number of rotatable bonds is 7. The van der Waals surface area contributed by atoms with Crippen molar-refractivity contribution in [2.24, 2.45) is 7.05 Å². The summed E-state index contributed by atoms with van der Waals surface area (Å²) in [5.74, 6) is 1.36. The number of carbonyl (C=O) groups is 2. The van der Waals surface area contributed by atoms with Crippen LogP contribution in [0.3, 0.4) is 0 Å². The third kappa shape index (κ3) is 5.71. The Morgan fingerprint density at radius 1 is 1.26 bits per heavy atom. The second kappa shape index (κ2) is 9.91. The van der Waals surface area contributed by atoms with Gasteiger partial charge in [0.2, 0.25) is 5.91 Å². The van der Waals surface area contributed by atoms with Crippen LogP contribution in [-0.2, 0) is 26.8 Å². The molecule has 7 nitrogen and oxygen atoms in total. The first kappa shape index (κ1) is 23.4. The van der Waals surface area contributed by atoms with E-state index in [1.807, 2.05) is 11.6 Å². The van der Waals surface area contributed by atoms with Gasteiger partial charge in [-0.05, 0) is 17.9 Å². The van der Waals surface area contributed by atoms with Crippen LogP contribution in [0.4, 0.5) is 0 Å². The third-order valence-electron chi connectivity index (χ3n) is 4.83. The van der Waals surface area contributed by atoms with Crippen LogP contribution in [0.2, 0.25) is 0 Å². The molecule has 1 aromatic heterocycles. The number of esters is 1. The van der Waals surface area contributed by atoms with Crippen LogP contribution in [0.5, 0.6) is 0 Å². The number of amides is 1. The molecule has 0 N–H and O–H groups in total. The summed E-state index contributed by atoms with van der Waals surface area (Å²) in [5.41, 5.74) is 2.39. The van der Waals surface area contributed by atoms with E-state index in [-0.39, 0.29) is 11.3 Å². The number of hydrogen-bond acceptors (Lipinski definition) is 7. The predicted molar refractivity (Wildman–Crippen MR) is 125 cm³/mol. The van der Waals surface area contributed by atoms with Crippen molar-refractivity contribution in [3.8, 4) is 11.4 Å². The molecule has 0 aliphatic carbocycles. The van der Waals surface area contributed by atoms with Gasteiger partial charge in [0.05, 0.1) is 23.5 Å². The average Bonchev–Trinajstić information content (AvgIpc) is 3.25. The van der Waals surface area contributed by atoms with E-state index >= 15 is 0 Å². The highest BCUT2D eigenvalue weighted by Gasteiger charge is 2.27. The van der Waals surface area contributed by atoms with Gasteiger partial charge in [0.25, 0.3) is 0 Å². The fraction of sp³-hybridized carbons (Fsp3) is 0.455. The summed E-state index contributed by atoms with van der Waals surface area (Å²) in [6.45, 7) is 9.13. The van der Waals surface area contributed by atoms with E-state index in [0.717, 1.165) is 16.5 Å². The second-order valence-corrected chi connectivity index (χ2v) is 10.2. The smallest absolute Gasteiger partial charge is 0.333 e. The zero-order chi connectivity index (χ0) is 22.6. The molecule has 0 saturated carbocycles. The Bertz CT molecular complexity index is 978. The van der Waals surface area contributed by atoms with Gasteiger partial charge in [0.1, 0.15) is 0 Å². The first-order chi connectivity index (χ1) is 14.7. The fourth-order valence-corrected chi connectivity index (χ4v) is 4.88. The quantitative estimate of drug-likeness (QED) is 0.353. The van der Waals surface area contributed by atoms with Gasteiger partial charge < -0.3 is 14.2 Å². The maximum atomic E-state index is 12.2. The summed E-state index contributed by atoms with van der Waals surface area (Å²) in [5, 5.41) is 10.1. The van der Waals surface area contributed by atoms with Crippen molar-refractivity contribution in [2.45, 2.75) is 38.3 Å². The number of nitrogens with zero attached hydrogens (tertiary/aromatic N) is 4. The number of hydrogen-bond donors (Lipinski definition) is 0.